The molecule has 0 saturated carbocycles. The van der Waals surface area contributed by atoms with Crippen LogP contribution in [-0.2, 0) is 0 Å². The van der Waals surface area contributed by atoms with Crippen molar-refractivity contribution in [2.45, 2.75) is 0 Å². The molecule has 0 aromatic heterocycles. The fourth-order valence-electron chi connectivity index (χ4n) is 2.88. The van der Waals surface area contributed by atoms with Crippen molar-refractivity contribution in [1.29, 1.82) is 0 Å². The van der Waals surface area contributed by atoms with Crippen molar-refractivity contribution < 1.29 is 0 Å². The highest BCUT2D eigenvalue weighted by atomic mass is 35.5. The summed E-state index contributed by atoms with van der Waals surface area (Å²) in [5, 5.41) is 3.58. The van der Waals surface area contributed by atoms with Crippen LogP contribution in [0.3, 0.4) is 0 Å². The van der Waals surface area contributed by atoms with E-state index in [0.717, 1.165) is 26.6 Å². The van der Waals surface area contributed by atoms with Crippen molar-refractivity contribution in [2.24, 2.45) is 0 Å². The van der Waals surface area contributed by atoms with E-state index in [-0.39, 0.29) is 0 Å². The third-order valence-corrected chi connectivity index (χ3v) is 4.27. The molecule has 0 radical (unpaired) electrons. The fraction of sp³-hybridized carbons (Fsp3) is 0.286. The molecule has 3 rings (SSSR count). The number of nitrogens with zero attached hydrogens (tertiary/aromatic N) is 2. The molecule has 2 aromatic rings. The molecule has 1 heterocycles. The Balaban J connectivity index is 2.54. The van der Waals surface area contributed by atoms with Crippen LogP contribution in [0.5, 0.6) is 0 Å². The Hall–Kier alpha value is -0.960. The minimum Gasteiger partial charge on any atom is -0.327 e. The van der Waals surface area contributed by atoms with E-state index in [0.29, 0.717) is 0 Å². The Labute approximate surface area is 117 Å². The highest BCUT2D eigenvalue weighted by molar-refractivity contribution is 6.43. The van der Waals surface area contributed by atoms with Gasteiger partial charge in [-0.05, 0) is 18.2 Å². The Bertz CT molecular complexity index is 642. The highest BCUT2D eigenvalue weighted by Gasteiger charge is 2.32. The largest absolute Gasteiger partial charge is 0.327 e. The van der Waals surface area contributed by atoms with Crippen molar-refractivity contribution in [3.63, 3.8) is 0 Å². The molecule has 0 N–H and O–H groups in total. The van der Waals surface area contributed by atoms with Crippen molar-refractivity contribution in [1.82, 2.24) is 4.48 Å². The molecule has 1 aliphatic heterocycles. The number of anilines is 1. The first-order valence-corrected chi connectivity index (χ1v) is 6.63. The van der Waals surface area contributed by atoms with E-state index in [2.05, 4.69) is 38.2 Å². The Kier molecular flexibility index (Phi) is 2.53. The average molecular weight is 282 g/mol. The lowest BCUT2D eigenvalue weighted by Crippen LogP contribution is -2.50. The van der Waals surface area contributed by atoms with Gasteiger partial charge in [-0.15, -0.1) is 0 Å². The molecule has 18 heavy (non-hydrogen) atoms. The van der Waals surface area contributed by atoms with Crippen LogP contribution in [0, 0.1) is 0 Å². The predicted octanol–water partition coefficient (Wildman–Crippen LogP) is 4.12. The van der Waals surface area contributed by atoms with Gasteiger partial charge in [0, 0.05) is 18.5 Å². The van der Waals surface area contributed by atoms with Crippen molar-refractivity contribution in [3.05, 3.63) is 34.3 Å². The molecule has 0 amide bonds. The lowest BCUT2D eigenvalue weighted by atomic mass is 10.0. The molecule has 4 heteroatoms. The van der Waals surface area contributed by atoms with Crippen LogP contribution in [0.25, 0.3) is 10.8 Å². The summed E-state index contributed by atoms with van der Waals surface area (Å²) in [5.74, 6) is 0. The van der Waals surface area contributed by atoms with Gasteiger partial charge in [0.15, 0.2) is 6.67 Å². The summed E-state index contributed by atoms with van der Waals surface area (Å²) in [6.45, 7) is 0.936. The third-order valence-electron chi connectivity index (χ3n) is 3.64. The van der Waals surface area contributed by atoms with Crippen LogP contribution >= 0.6 is 23.2 Å². The molecule has 0 aliphatic carbocycles. The second-order valence-electron chi connectivity index (χ2n) is 5.41. The molecule has 0 atom stereocenters. The Morgan fingerprint density at radius 3 is 2.28 bits per heavy atom. The molecule has 0 fully saturated rings. The first-order valence-electron chi connectivity index (χ1n) is 5.87. The lowest BCUT2D eigenvalue weighted by molar-refractivity contribution is 0.398. The van der Waals surface area contributed by atoms with Crippen molar-refractivity contribution >= 4 is 45.3 Å². The van der Waals surface area contributed by atoms with Gasteiger partial charge in [0.1, 0.15) is 5.69 Å². The van der Waals surface area contributed by atoms with Gasteiger partial charge in [0.2, 0.25) is 0 Å². The second kappa shape index (κ2) is 3.77. The zero-order valence-electron chi connectivity index (χ0n) is 10.7. The van der Waals surface area contributed by atoms with Gasteiger partial charge >= 0.3 is 0 Å². The van der Waals surface area contributed by atoms with Crippen LogP contribution < -0.4 is 9.38 Å². The van der Waals surface area contributed by atoms with Crippen molar-refractivity contribution in [2.75, 3.05) is 32.7 Å². The number of hydrogen-bond acceptors (Lipinski definition) is 1. The van der Waals surface area contributed by atoms with Crippen LogP contribution in [0.2, 0.25) is 10.0 Å². The van der Waals surface area contributed by atoms with Gasteiger partial charge in [-0.1, -0.05) is 23.2 Å². The first kappa shape index (κ1) is 12.1. The molecule has 0 unspecified atom stereocenters. The maximum atomic E-state index is 6.32. The van der Waals surface area contributed by atoms with E-state index in [1.165, 1.54) is 16.8 Å². The molecule has 1 aliphatic rings. The van der Waals surface area contributed by atoms with E-state index < -0.39 is 0 Å². The fourth-order valence-corrected chi connectivity index (χ4v) is 3.45. The number of halogens is 2. The maximum Gasteiger partial charge on any atom is 0.158 e. The number of quaternary nitrogens is 1. The summed E-state index contributed by atoms with van der Waals surface area (Å²) < 4.78 is 0.803. The zero-order valence-corrected chi connectivity index (χ0v) is 12.2. The minimum atomic E-state index is 0.718. The maximum absolute atomic E-state index is 6.32. The summed E-state index contributed by atoms with van der Waals surface area (Å²) >= 11 is 12.6. The van der Waals surface area contributed by atoms with Crippen LogP contribution in [0.1, 0.15) is 0 Å². The Morgan fingerprint density at radius 2 is 1.61 bits per heavy atom. The third kappa shape index (κ3) is 1.53. The first-order chi connectivity index (χ1) is 8.42. The van der Waals surface area contributed by atoms with E-state index >= 15 is 0 Å². The summed E-state index contributed by atoms with van der Waals surface area (Å²) in [6.07, 6.45) is 0. The molecule has 2 nitrogen and oxygen atoms in total. The number of rotatable bonds is 0. The topological polar surface area (TPSA) is 3.24 Å². The van der Waals surface area contributed by atoms with Gasteiger partial charge in [-0.25, -0.2) is 0 Å². The summed E-state index contributed by atoms with van der Waals surface area (Å²) in [6, 6.07) is 8.05. The van der Waals surface area contributed by atoms with E-state index in [9.17, 15) is 0 Å². The van der Waals surface area contributed by atoms with E-state index in [1.54, 1.807) is 0 Å². The van der Waals surface area contributed by atoms with Crippen LogP contribution in [-0.4, -0.2) is 27.8 Å². The van der Waals surface area contributed by atoms with Gasteiger partial charge in [0.05, 0.1) is 35.2 Å². The summed E-state index contributed by atoms with van der Waals surface area (Å²) in [7, 11) is 6.50. The summed E-state index contributed by atoms with van der Waals surface area (Å²) in [4.78, 5) is 2.25. The lowest BCUT2D eigenvalue weighted by Gasteiger charge is -2.40. The molecule has 94 valence electrons. The van der Waals surface area contributed by atoms with E-state index in [4.69, 9.17) is 23.2 Å². The Morgan fingerprint density at radius 1 is 1.00 bits per heavy atom. The zero-order chi connectivity index (χ0) is 13.1. The van der Waals surface area contributed by atoms with Crippen LogP contribution in [0.15, 0.2) is 24.3 Å². The molecule has 0 bridgehead atoms. The van der Waals surface area contributed by atoms with Gasteiger partial charge in [-0.2, -0.15) is 0 Å². The molecular formula is C14H15Cl2N2+. The quantitative estimate of drug-likeness (QED) is 0.657. The molecule has 2 aromatic carbocycles. The van der Waals surface area contributed by atoms with Crippen molar-refractivity contribution in [3.8, 4) is 0 Å². The van der Waals surface area contributed by atoms with Gasteiger partial charge in [-0.3, -0.25) is 4.48 Å². The minimum absolute atomic E-state index is 0.718. The smallest absolute Gasteiger partial charge is 0.158 e. The SMILES string of the molecule is CN1C[N+](C)(C)c2ccc(Cl)c3c(Cl)ccc1c23. The standard InChI is InChI=1S/C14H15Cl2N2/c1-17-8-18(2,3)12-7-5-10(16)13-9(15)4-6-11(17)14(12)13/h4-7H,8H2,1-3H3/q+1. The average Bonchev–Trinajstić information content (AvgIpc) is 2.27. The van der Waals surface area contributed by atoms with Gasteiger partial charge < -0.3 is 4.90 Å². The summed E-state index contributed by atoms with van der Waals surface area (Å²) in [5.41, 5.74) is 2.47. The van der Waals surface area contributed by atoms with E-state index in [1.807, 2.05) is 12.1 Å². The highest BCUT2D eigenvalue weighted by Crippen LogP contribution is 2.45. The molecule has 0 spiro atoms. The molecule has 0 saturated heterocycles. The predicted molar refractivity (Wildman–Crippen MR) is 80.9 cm³/mol. The second-order valence-corrected chi connectivity index (χ2v) is 6.22. The molecular weight excluding hydrogens is 267 g/mol. The number of benzene rings is 2. The normalized spacial score (nSPS) is 17.3. The number of hydrogen-bond donors (Lipinski definition) is 0. The monoisotopic (exact) mass is 281 g/mol. The van der Waals surface area contributed by atoms with Crippen LogP contribution in [0.4, 0.5) is 11.4 Å². The van der Waals surface area contributed by atoms with Gasteiger partial charge in [0.25, 0.3) is 0 Å².